The fraction of sp³-hybridized carbons (Fsp3) is 0.667. The third-order valence-corrected chi connectivity index (χ3v) is 5.17. The first-order valence-corrected chi connectivity index (χ1v) is 10.2. The monoisotopic (exact) mass is 380 g/mol. The molecule has 1 aliphatic rings. The number of alkyl carbamates (subject to hydrolysis) is 1. The predicted molar refractivity (Wildman–Crippen MR) is 109 cm³/mol. The number of rotatable bonds is 5. The van der Waals surface area contributed by atoms with Gasteiger partial charge in [0, 0.05) is 29.3 Å². The van der Waals surface area contributed by atoms with Crippen molar-refractivity contribution >= 4 is 23.4 Å². The molecule has 1 amide bonds. The molecule has 0 atom stereocenters. The number of benzene rings is 1. The molecule has 5 heteroatoms. The number of aryl methyl sites for hydroxylation is 1. The van der Waals surface area contributed by atoms with Crippen molar-refractivity contribution in [3.05, 3.63) is 28.8 Å². The molecule has 1 aromatic carbocycles. The number of carbonyl (C=O) groups is 1. The van der Waals surface area contributed by atoms with E-state index in [-0.39, 0.29) is 12.1 Å². The minimum atomic E-state index is -0.455. The quantitative estimate of drug-likeness (QED) is 0.726. The predicted octanol–water partition coefficient (Wildman–Crippen LogP) is 5.56. The van der Waals surface area contributed by atoms with Gasteiger partial charge < -0.3 is 15.0 Å². The standard InChI is InChI=1S/C21H33ClN2O2/c1-6-15-8-9-16(22)14-19(15)24(7-2)18-12-10-17(11-13-18)23-20(25)26-21(3,4)5/h8-9,14,17-18H,6-7,10-13H2,1-5H3,(H,23,25). The molecule has 2 rings (SSSR count). The van der Waals surface area contributed by atoms with Gasteiger partial charge >= 0.3 is 6.09 Å². The number of carbonyl (C=O) groups excluding carboxylic acids is 1. The van der Waals surface area contributed by atoms with Crippen molar-refractivity contribution in [2.45, 2.75) is 84.4 Å². The highest BCUT2D eigenvalue weighted by Gasteiger charge is 2.28. The van der Waals surface area contributed by atoms with Gasteiger partial charge in [0.2, 0.25) is 0 Å². The minimum Gasteiger partial charge on any atom is -0.444 e. The summed E-state index contributed by atoms with van der Waals surface area (Å²) in [5.41, 5.74) is 2.14. The fourth-order valence-electron chi connectivity index (χ4n) is 3.73. The molecule has 1 saturated carbocycles. The van der Waals surface area contributed by atoms with Crippen LogP contribution in [0.25, 0.3) is 0 Å². The zero-order valence-electron chi connectivity index (χ0n) is 16.8. The Morgan fingerprint density at radius 2 is 1.88 bits per heavy atom. The number of amides is 1. The summed E-state index contributed by atoms with van der Waals surface area (Å²) in [4.78, 5) is 14.5. The lowest BCUT2D eigenvalue weighted by molar-refractivity contribution is 0.0491. The Hall–Kier alpha value is -1.42. The molecular weight excluding hydrogens is 348 g/mol. The van der Waals surface area contributed by atoms with Gasteiger partial charge in [-0.25, -0.2) is 4.79 Å². The molecule has 0 aromatic heterocycles. The van der Waals surface area contributed by atoms with Crippen molar-refractivity contribution in [3.8, 4) is 0 Å². The summed E-state index contributed by atoms with van der Waals surface area (Å²) in [6, 6.07) is 6.88. The summed E-state index contributed by atoms with van der Waals surface area (Å²) in [7, 11) is 0. The van der Waals surface area contributed by atoms with Crippen LogP contribution in [0, 0.1) is 0 Å². The topological polar surface area (TPSA) is 41.6 Å². The first-order valence-electron chi connectivity index (χ1n) is 9.78. The summed E-state index contributed by atoms with van der Waals surface area (Å²) >= 11 is 6.26. The van der Waals surface area contributed by atoms with Gasteiger partial charge in [0.05, 0.1) is 0 Å². The lowest BCUT2D eigenvalue weighted by atomic mass is 9.89. The van der Waals surface area contributed by atoms with E-state index in [2.05, 4.69) is 36.2 Å². The average molecular weight is 381 g/mol. The summed E-state index contributed by atoms with van der Waals surface area (Å²) in [5.74, 6) is 0. The number of hydrogen-bond donors (Lipinski definition) is 1. The van der Waals surface area contributed by atoms with Gasteiger partial charge in [0.15, 0.2) is 0 Å². The second-order valence-corrected chi connectivity index (χ2v) is 8.50. The van der Waals surface area contributed by atoms with Gasteiger partial charge in [0.1, 0.15) is 5.60 Å². The van der Waals surface area contributed by atoms with Gasteiger partial charge in [-0.1, -0.05) is 24.6 Å². The molecule has 0 aliphatic heterocycles. The van der Waals surface area contributed by atoms with Crippen molar-refractivity contribution in [1.29, 1.82) is 0 Å². The van der Waals surface area contributed by atoms with Crippen LogP contribution < -0.4 is 10.2 Å². The van der Waals surface area contributed by atoms with Crippen LogP contribution in [0.2, 0.25) is 5.02 Å². The van der Waals surface area contributed by atoms with Gasteiger partial charge in [-0.3, -0.25) is 0 Å². The number of nitrogens with zero attached hydrogens (tertiary/aromatic N) is 1. The minimum absolute atomic E-state index is 0.199. The van der Waals surface area contributed by atoms with Gasteiger partial charge in [-0.2, -0.15) is 0 Å². The van der Waals surface area contributed by atoms with Crippen LogP contribution in [0.3, 0.4) is 0 Å². The summed E-state index contributed by atoms with van der Waals surface area (Å²) < 4.78 is 5.37. The van der Waals surface area contributed by atoms with E-state index in [4.69, 9.17) is 16.3 Å². The smallest absolute Gasteiger partial charge is 0.407 e. The Labute approximate surface area is 163 Å². The van der Waals surface area contributed by atoms with Gasteiger partial charge in [-0.15, -0.1) is 0 Å². The molecule has 146 valence electrons. The maximum Gasteiger partial charge on any atom is 0.407 e. The maximum absolute atomic E-state index is 12.0. The Morgan fingerprint density at radius 1 is 1.23 bits per heavy atom. The number of ether oxygens (including phenoxy) is 1. The Balaban J connectivity index is 1.97. The third-order valence-electron chi connectivity index (χ3n) is 4.94. The Morgan fingerprint density at radius 3 is 2.42 bits per heavy atom. The third kappa shape index (κ3) is 5.80. The average Bonchev–Trinajstić information content (AvgIpc) is 2.55. The molecule has 1 fully saturated rings. The molecule has 0 saturated heterocycles. The van der Waals surface area contributed by atoms with E-state index >= 15 is 0 Å². The van der Waals surface area contributed by atoms with Crippen LogP contribution in [0.4, 0.5) is 10.5 Å². The van der Waals surface area contributed by atoms with Crippen molar-refractivity contribution in [3.63, 3.8) is 0 Å². The van der Waals surface area contributed by atoms with Gasteiger partial charge in [0.25, 0.3) is 0 Å². The molecule has 1 aliphatic carbocycles. The molecule has 1 N–H and O–H groups in total. The molecule has 0 heterocycles. The first-order chi connectivity index (χ1) is 12.2. The van der Waals surface area contributed by atoms with E-state index in [1.165, 1.54) is 11.3 Å². The van der Waals surface area contributed by atoms with E-state index < -0.39 is 5.60 Å². The number of hydrogen-bond acceptors (Lipinski definition) is 3. The molecule has 0 unspecified atom stereocenters. The van der Waals surface area contributed by atoms with Crippen LogP contribution in [0.5, 0.6) is 0 Å². The molecule has 26 heavy (non-hydrogen) atoms. The summed E-state index contributed by atoms with van der Waals surface area (Å²) in [5, 5.41) is 3.81. The maximum atomic E-state index is 12.0. The normalized spacial score (nSPS) is 20.5. The Bertz CT molecular complexity index is 605. The Kier molecular flexibility index (Phi) is 7.22. The van der Waals surface area contributed by atoms with Crippen LogP contribution >= 0.6 is 11.6 Å². The largest absolute Gasteiger partial charge is 0.444 e. The number of anilines is 1. The highest BCUT2D eigenvalue weighted by atomic mass is 35.5. The highest BCUT2D eigenvalue weighted by molar-refractivity contribution is 6.30. The van der Waals surface area contributed by atoms with E-state index in [1.54, 1.807) is 0 Å². The molecule has 4 nitrogen and oxygen atoms in total. The molecular formula is C21H33ClN2O2. The van der Waals surface area contributed by atoms with E-state index in [9.17, 15) is 4.79 Å². The molecule has 0 radical (unpaired) electrons. The van der Waals surface area contributed by atoms with E-state index in [0.29, 0.717) is 6.04 Å². The van der Waals surface area contributed by atoms with Crippen LogP contribution in [-0.2, 0) is 11.2 Å². The first kappa shape index (κ1) is 20.9. The van der Waals surface area contributed by atoms with Crippen molar-refractivity contribution < 1.29 is 9.53 Å². The SMILES string of the molecule is CCc1ccc(Cl)cc1N(CC)C1CCC(NC(=O)OC(C)(C)C)CC1. The summed E-state index contributed by atoms with van der Waals surface area (Å²) in [6.45, 7) is 11.0. The number of halogens is 1. The number of nitrogens with one attached hydrogen (secondary N) is 1. The highest BCUT2D eigenvalue weighted by Crippen LogP contribution is 2.32. The zero-order valence-corrected chi connectivity index (χ0v) is 17.5. The van der Waals surface area contributed by atoms with Crippen LogP contribution in [0.1, 0.15) is 65.9 Å². The van der Waals surface area contributed by atoms with Crippen LogP contribution in [-0.4, -0.2) is 30.3 Å². The van der Waals surface area contributed by atoms with E-state index in [1.807, 2.05) is 26.8 Å². The molecule has 0 bridgehead atoms. The second-order valence-electron chi connectivity index (χ2n) is 8.06. The van der Waals surface area contributed by atoms with Crippen molar-refractivity contribution in [2.24, 2.45) is 0 Å². The molecule has 0 spiro atoms. The van der Waals surface area contributed by atoms with Crippen molar-refractivity contribution in [2.75, 3.05) is 11.4 Å². The van der Waals surface area contributed by atoms with Crippen LogP contribution in [0.15, 0.2) is 18.2 Å². The zero-order chi connectivity index (χ0) is 19.3. The lowest BCUT2D eigenvalue weighted by Gasteiger charge is -2.39. The second kappa shape index (κ2) is 8.98. The molecule has 1 aromatic rings. The lowest BCUT2D eigenvalue weighted by Crippen LogP contribution is -2.45. The van der Waals surface area contributed by atoms with Crippen molar-refractivity contribution in [1.82, 2.24) is 5.32 Å². The fourth-order valence-corrected chi connectivity index (χ4v) is 3.90. The summed E-state index contributed by atoms with van der Waals surface area (Å²) in [6.07, 6.45) is 4.76. The van der Waals surface area contributed by atoms with Gasteiger partial charge in [-0.05, 0) is 77.5 Å². The van der Waals surface area contributed by atoms with E-state index in [0.717, 1.165) is 43.7 Å².